The molecule has 1 aliphatic heterocycles. The minimum Gasteiger partial charge on any atom is -0.493 e. The topological polar surface area (TPSA) is 9.23 Å². The Labute approximate surface area is 108 Å². The molecule has 0 amide bonds. The molecule has 92 valence electrons. The van der Waals surface area contributed by atoms with Crippen LogP contribution in [0.3, 0.4) is 0 Å². The maximum Gasteiger partial charge on any atom is 0.122 e. The molecule has 1 heteroatoms. The third-order valence-corrected chi connectivity index (χ3v) is 3.60. The molecule has 0 aromatic heterocycles. The van der Waals surface area contributed by atoms with Gasteiger partial charge in [-0.15, -0.1) is 0 Å². The van der Waals surface area contributed by atoms with Crippen LogP contribution in [0.4, 0.5) is 0 Å². The average Bonchev–Trinajstić information content (AvgIpc) is 2.47. The SMILES string of the molecule is CCc1ccc(-c2ccc3c(c2)CCCO3)cc1. The van der Waals surface area contributed by atoms with Crippen molar-refractivity contribution in [1.29, 1.82) is 0 Å². The molecule has 0 spiro atoms. The predicted octanol–water partition coefficient (Wildman–Crippen LogP) is 4.24. The van der Waals surface area contributed by atoms with E-state index in [1.807, 2.05) is 0 Å². The van der Waals surface area contributed by atoms with Crippen molar-refractivity contribution in [2.24, 2.45) is 0 Å². The standard InChI is InChI=1S/C17H18O/c1-2-13-5-7-14(8-6-13)15-9-10-17-16(12-15)4-3-11-18-17/h5-10,12H,2-4,11H2,1H3. The van der Waals surface area contributed by atoms with Crippen molar-refractivity contribution in [3.8, 4) is 16.9 Å². The van der Waals surface area contributed by atoms with Gasteiger partial charge in [-0.1, -0.05) is 37.3 Å². The van der Waals surface area contributed by atoms with Crippen LogP contribution in [-0.4, -0.2) is 6.61 Å². The highest BCUT2D eigenvalue weighted by molar-refractivity contribution is 5.66. The summed E-state index contributed by atoms with van der Waals surface area (Å²) in [5.74, 6) is 1.06. The van der Waals surface area contributed by atoms with Gasteiger partial charge >= 0.3 is 0 Å². The van der Waals surface area contributed by atoms with Crippen molar-refractivity contribution < 1.29 is 4.74 Å². The van der Waals surface area contributed by atoms with Gasteiger partial charge in [0.25, 0.3) is 0 Å². The first-order chi connectivity index (χ1) is 8.86. The third-order valence-electron chi connectivity index (χ3n) is 3.60. The molecule has 2 aromatic rings. The average molecular weight is 238 g/mol. The lowest BCUT2D eigenvalue weighted by molar-refractivity contribution is 0.288. The highest BCUT2D eigenvalue weighted by Gasteiger charge is 2.10. The molecule has 0 aliphatic carbocycles. The quantitative estimate of drug-likeness (QED) is 0.760. The second kappa shape index (κ2) is 4.85. The van der Waals surface area contributed by atoms with E-state index in [0.717, 1.165) is 31.6 Å². The number of ether oxygens (including phenoxy) is 1. The van der Waals surface area contributed by atoms with Gasteiger partial charge in [0.05, 0.1) is 6.61 Å². The summed E-state index contributed by atoms with van der Waals surface area (Å²) in [6, 6.07) is 15.4. The Morgan fingerprint density at radius 1 is 1.00 bits per heavy atom. The number of rotatable bonds is 2. The Morgan fingerprint density at radius 2 is 1.78 bits per heavy atom. The smallest absolute Gasteiger partial charge is 0.122 e. The Bertz CT molecular complexity index is 540. The lowest BCUT2D eigenvalue weighted by Crippen LogP contribution is -2.07. The zero-order valence-electron chi connectivity index (χ0n) is 10.8. The third kappa shape index (κ3) is 2.13. The van der Waals surface area contributed by atoms with Crippen molar-refractivity contribution in [2.75, 3.05) is 6.61 Å². The van der Waals surface area contributed by atoms with Crippen molar-refractivity contribution in [3.63, 3.8) is 0 Å². The number of aryl methyl sites for hydroxylation is 2. The molecule has 1 heterocycles. The molecule has 0 saturated heterocycles. The Kier molecular flexibility index (Phi) is 3.06. The van der Waals surface area contributed by atoms with Crippen LogP contribution in [-0.2, 0) is 12.8 Å². The molecule has 0 saturated carbocycles. The van der Waals surface area contributed by atoms with Gasteiger partial charge in [0.1, 0.15) is 5.75 Å². The van der Waals surface area contributed by atoms with Crippen LogP contribution < -0.4 is 4.74 Å². The normalized spacial score (nSPS) is 13.8. The van der Waals surface area contributed by atoms with E-state index < -0.39 is 0 Å². The summed E-state index contributed by atoms with van der Waals surface area (Å²) in [5.41, 5.74) is 5.32. The molecule has 2 aromatic carbocycles. The molecule has 0 fully saturated rings. The summed E-state index contributed by atoms with van der Waals surface area (Å²) < 4.78 is 5.65. The van der Waals surface area contributed by atoms with Crippen molar-refractivity contribution >= 4 is 0 Å². The fraction of sp³-hybridized carbons (Fsp3) is 0.294. The van der Waals surface area contributed by atoms with Gasteiger partial charge in [-0.05, 0) is 53.6 Å². The van der Waals surface area contributed by atoms with E-state index >= 15 is 0 Å². The highest BCUT2D eigenvalue weighted by atomic mass is 16.5. The van der Waals surface area contributed by atoms with Crippen molar-refractivity contribution in [2.45, 2.75) is 26.2 Å². The van der Waals surface area contributed by atoms with Gasteiger partial charge in [0, 0.05) is 0 Å². The maximum atomic E-state index is 5.65. The molecule has 18 heavy (non-hydrogen) atoms. The Balaban J connectivity index is 1.95. The van der Waals surface area contributed by atoms with E-state index in [2.05, 4.69) is 49.4 Å². The molecule has 3 rings (SSSR count). The van der Waals surface area contributed by atoms with Crippen LogP contribution in [0.1, 0.15) is 24.5 Å². The minimum atomic E-state index is 0.859. The molecule has 0 atom stereocenters. The molecular formula is C17H18O. The number of fused-ring (bicyclic) bond motifs is 1. The van der Waals surface area contributed by atoms with Crippen LogP contribution in [0.2, 0.25) is 0 Å². The zero-order valence-corrected chi connectivity index (χ0v) is 10.8. The maximum absolute atomic E-state index is 5.65. The summed E-state index contributed by atoms with van der Waals surface area (Å²) in [7, 11) is 0. The van der Waals surface area contributed by atoms with E-state index in [1.165, 1.54) is 22.3 Å². The summed E-state index contributed by atoms with van der Waals surface area (Å²) in [6.45, 7) is 3.04. The largest absolute Gasteiger partial charge is 0.493 e. The van der Waals surface area contributed by atoms with Gasteiger partial charge in [-0.25, -0.2) is 0 Å². The van der Waals surface area contributed by atoms with Gasteiger partial charge in [-0.3, -0.25) is 0 Å². The fourth-order valence-corrected chi connectivity index (χ4v) is 2.47. The monoisotopic (exact) mass is 238 g/mol. The predicted molar refractivity (Wildman–Crippen MR) is 75.1 cm³/mol. The zero-order chi connectivity index (χ0) is 12.4. The van der Waals surface area contributed by atoms with E-state index in [-0.39, 0.29) is 0 Å². The molecule has 0 N–H and O–H groups in total. The van der Waals surface area contributed by atoms with Crippen molar-refractivity contribution in [1.82, 2.24) is 0 Å². The van der Waals surface area contributed by atoms with Crippen LogP contribution in [0.25, 0.3) is 11.1 Å². The molecule has 0 unspecified atom stereocenters. The number of hydrogen-bond acceptors (Lipinski definition) is 1. The van der Waals surface area contributed by atoms with E-state index in [1.54, 1.807) is 0 Å². The second-order valence-corrected chi connectivity index (χ2v) is 4.82. The van der Waals surface area contributed by atoms with Crippen molar-refractivity contribution in [3.05, 3.63) is 53.6 Å². The minimum absolute atomic E-state index is 0.859. The van der Waals surface area contributed by atoms with Crippen LogP contribution in [0, 0.1) is 0 Å². The van der Waals surface area contributed by atoms with Gasteiger partial charge in [0.15, 0.2) is 0 Å². The molecule has 0 bridgehead atoms. The lowest BCUT2D eigenvalue weighted by atomic mass is 9.98. The highest BCUT2D eigenvalue weighted by Crippen LogP contribution is 2.30. The number of benzene rings is 2. The van der Waals surface area contributed by atoms with Gasteiger partial charge in [0.2, 0.25) is 0 Å². The molecule has 1 aliphatic rings. The summed E-state index contributed by atoms with van der Waals surface area (Å²) >= 11 is 0. The molecule has 0 radical (unpaired) electrons. The van der Waals surface area contributed by atoms with Crippen LogP contribution in [0.5, 0.6) is 5.75 Å². The van der Waals surface area contributed by atoms with Crippen LogP contribution >= 0.6 is 0 Å². The molecular weight excluding hydrogens is 220 g/mol. The molecule has 1 nitrogen and oxygen atoms in total. The van der Waals surface area contributed by atoms with Gasteiger partial charge in [-0.2, -0.15) is 0 Å². The first-order valence-corrected chi connectivity index (χ1v) is 6.72. The fourth-order valence-electron chi connectivity index (χ4n) is 2.47. The first-order valence-electron chi connectivity index (χ1n) is 6.72. The van der Waals surface area contributed by atoms with E-state index in [9.17, 15) is 0 Å². The first kappa shape index (κ1) is 11.3. The van der Waals surface area contributed by atoms with E-state index in [0.29, 0.717) is 0 Å². The summed E-state index contributed by atoms with van der Waals surface area (Å²) in [5, 5.41) is 0. The summed E-state index contributed by atoms with van der Waals surface area (Å²) in [6.07, 6.45) is 3.36. The summed E-state index contributed by atoms with van der Waals surface area (Å²) in [4.78, 5) is 0. The lowest BCUT2D eigenvalue weighted by Gasteiger charge is -2.18. The van der Waals surface area contributed by atoms with Gasteiger partial charge < -0.3 is 4.74 Å². The Hall–Kier alpha value is -1.76. The van der Waals surface area contributed by atoms with E-state index in [4.69, 9.17) is 4.74 Å². The Morgan fingerprint density at radius 3 is 2.56 bits per heavy atom. The second-order valence-electron chi connectivity index (χ2n) is 4.82. The van der Waals surface area contributed by atoms with Crippen LogP contribution in [0.15, 0.2) is 42.5 Å². The number of hydrogen-bond donors (Lipinski definition) is 0.